The summed E-state index contributed by atoms with van der Waals surface area (Å²) in [6.45, 7) is 8.27. The topological polar surface area (TPSA) is 59.1 Å². The Hall–Kier alpha value is -1.91. The second kappa shape index (κ2) is 8.62. The predicted octanol–water partition coefficient (Wildman–Crippen LogP) is 4.53. The number of hydrogen-bond acceptors (Lipinski definition) is 4. The van der Waals surface area contributed by atoms with Crippen molar-refractivity contribution in [3.8, 4) is 0 Å². The standard InChI is InChI=1S/C24H32O4/c1-16(2)21-19(27-20(25)13-12-18-10-6-5-7-11-18)15-17(3)9-8-14-24(4)23(28-24)22(21)26/h5-7,9-13,16,19,21-23,26H,8,14-15H2,1-4H3/b13-12+,17-9-/t19-,21-,22-,23-,24+/m1/s1. The van der Waals surface area contributed by atoms with Gasteiger partial charge in [-0.3, -0.25) is 0 Å². The molecule has 1 aromatic rings. The molecule has 3 rings (SSSR count). The SMILES string of the molecule is C/C1=C/CC[C@]2(C)O[C@@H]2[C@H](O)[C@H](C(C)C)[C@H](OC(=O)/C=C/c2ccccc2)C1. The first-order valence-corrected chi connectivity index (χ1v) is 10.3. The third-order valence-corrected chi connectivity index (χ3v) is 5.98. The Morgan fingerprint density at radius 2 is 2.04 bits per heavy atom. The lowest BCUT2D eigenvalue weighted by molar-refractivity contribution is -0.150. The fourth-order valence-corrected chi connectivity index (χ4v) is 4.31. The predicted molar refractivity (Wildman–Crippen MR) is 111 cm³/mol. The van der Waals surface area contributed by atoms with Crippen LogP contribution < -0.4 is 0 Å². The largest absolute Gasteiger partial charge is 0.458 e. The second-order valence-corrected chi connectivity index (χ2v) is 8.68. The summed E-state index contributed by atoms with van der Waals surface area (Å²) >= 11 is 0. The van der Waals surface area contributed by atoms with Gasteiger partial charge in [0, 0.05) is 18.4 Å². The molecule has 28 heavy (non-hydrogen) atoms. The highest BCUT2D eigenvalue weighted by molar-refractivity contribution is 5.87. The van der Waals surface area contributed by atoms with Gasteiger partial charge in [-0.15, -0.1) is 0 Å². The number of aliphatic hydroxyl groups is 1. The van der Waals surface area contributed by atoms with E-state index in [1.54, 1.807) is 6.08 Å². The van der Waals surface area contributed by atoms with Crippen LogP contribution in [0.25, 0.3) is 6.08 Å². The van der Waals surface area contributed by atoms with E-state index < -0.39 is 6.10 Å². The first kappa shape index (κ1) is 20.8. The van der Waals surface area contributed by atoms with Gasteiger partial charge < -0.3 is 14.6 Å². The molecule has 1 aliphatic carbocycles. The van der Waals surface area contributed by atoms with Crippen molar-refractivity contribution in [2.75, 3.05) is 0 Å². The highest BCUT2D eigenvalue weighted by atomic mass is 16.6. The zero-order valence-electron chi connectivity index (χ0n) is 17.3. The van der Waals surface area contributed by atoms with Crippen LogP contribution in [0.15, 0.2) is 48.1 Å². The number of hydrogen-bond donors (Lipinski definition) is 1. The lowest BCUT2D eigenvalue weighted by Gasteiger charge is -2.34. The summed E-state index contributed by atoms with van der Waals surface area (Å²) in [6, 6.07) is 9.67. The summed E-state index contributed by atoms with van der Waals surface area (Å²) in [4.78, 5) is 12.5. The maximum atomic E-state index is 12.5. The number of carbonyl (C=O) groups excluding carboxylic acids is 1. The first-order chi connectivity index (χ1) is 13.3. The van der Waals surface area contributed by atoms with Gasteiger partial charge in [0.05, 0.1) is 11.7 Å². The van der Waals surface area contributed by atoms with Gasteiger partial charge in [0.1, 0.15) is 12.2 Å². The van der Waals surface area contributed by atoms with E-state index in [9.17, 15) is 9.90 Å². The van der Waals surface area contributed by atoms with Crippen LogP contribution in [0.1, 0.15) is 52.5 Å². The van der Waals surface area contributed by atoms with E-state index in [0.717, 1.165) is 18.4 Å². The number of aliphatic hydroxyl groups excluding tert-OH is 1. The van der Waals surface area contributed by atoms with Gasteiger partial charge in [-0.25, -0.2) is 4.79 Å². The van der Waals surface area contributed by atoms with Crippen LogP contribution in [-0.2, 0) is 14.3 Å². The Bertz CT molecular complexity index is 736. The minimum atomic E-state index is -0.646. The van der Waals surface area contributed by atoms with E-state index in [1.807, 2.05) is 30.3 Å². The van der Waals surface area contributed by atoms with Crippen molar-refractivity contribution < 1.29 is 19.4 Å². The number of ether oxygens (including phenoxy) is 2. The van der Waals surface area contributed by atoms with Crippen LogP contribution >= 0.6 is 0 Å². The molecule has 0 spiro atoms. The molecule has 0 radical (unpaired) electrons. The van der Waals surface area contributed by atoms with E-state index in [1.165, 1.54) is 11.6 Å². The zero-order valence-corrected chi connectivity index (χ0v) is 17.3. The Morgan fingerprint density at radius 3 is 2.71 bits per heavy atom. The third-order valence-electron chi connectivity index (χ3n) is 5.98. The Balaban J connectivity index is 1.79. The maximum Gasteiger partial charge on any atom is 0.331 e. The summed E-state index contributed by atoms with van der Waals surface area (Å²) < 4.78 is 11.8. The molecule has 1 aromatic carbocycles. The lowest BCUT2D eigenvalue weighted by atomic mass is 9.78. The molecule has 2 aliphatic rings. The van der Waals surface area contributed by atoms with Crippen molar-refractivity contribution in [2.45, 2.75) is 70.9 Å². The molecule has 4 heteroatoms. The molecule has 0 saturated carbocycles. The van der Waals surface area contributed by atoms with Crippen LogP contribution in [-0.4, -0.2) is 35.0 Å². The molecule has 0 aromatic heterocycles. The lowest BCUT2D eigenvalue weighted by Crippen LogP contribution is -2.43. The summed E-state index contributed by atoms with van der Waals surface area (Å²) in [6.07, 6.45) is 6.66. The first-order valence-electron chi connectivity index (χ1n) is 10.3. The van der Waals surface area contributed by atoms with E-state index in [0.29, 0.717) is 6.42 Å². The number of rotatable bonds is 4. The van der Waals surface area contributed by atoms with Crippen molar-refractivity contribution in [3.63, 3.8) is 0 Å². The van der Waals surface area contributed by atoms with Crippen LogP contribution in [0, 0.1) is 11.8 Å². The summed E-state index contributed by atoms with van der Waals surface area (Å²) in [5, 5.41) is 11.1. The quantitative estimate of drug-likeness (QED) is 0.359. The second-order valence-electron chi connectivity index (χ2n) is 8.68. The van der Waals surface area contributed by atoms with Gasteiger partial charge in [0.2, 0.25) is 0 Å². The summed E-state index contributed by atoms with van der Waals surface area (Å²) in [7, 11) is 0. The summed E-state index contributed by atoms with van der Waals surface area (Å²) in [5.74, 6) is -0.398. The minimum Gasteiger partial charge on any atom is -0.458 e. The fourth-order valence-electron chi connectivity index (χ4n) is 4.31. The number of carbonyl (C=O) groups is 1. The average molecular weight is 385 g/mol. The molecule has 1 aliphatic heterocycles. The van der Waals surface area contributed by atoms with Crippen molar-refractivity contribution in [1.82, 2.24) is 0 Å². The van der Waals surface area contributed by atoms with Gasteiger partial charge in [-0.2, -0.15) is 0 Å². The summed E-state index contributed by atoms with van der Waals surface area (Å²) in [5.41, 5.74) is 1.86. The molecule has 5 atom stereocenters. The maximum absolute atomic E-state index is 12.5. The third kappa shape index (κ3) is 4.92. The molecule has 1 fully saturated rings. The van der Waals surface area contributed by atoms with Crippen LogP contribution in [0.2, 0.25) is 0 Å². The smallest absolute Gasteiger partial charge is 0.331 e. The zero-order chi connectivity index (χ0) is 20.3. The van der Waals surface area contributed by atoms with E-state index in [-0.39, 0.29) is 35.6 Å². The van der Waals surface area contributed by atoms with Crippen LogP contribution in [0.4, 0.5) is 0 Å². The van der Waals surface area contributed by atoms with E-state index in [2.05, 4.69) is 33.8 Å². The van der Waals surface area contributed by atoms with E-state index in [4.69, 9.17) is 9.47 Å². The minimum absolute atomic E-state index is 0.159. The van der Waals surface area contributed by atoms with Gasteiger partial charge in [-0.05, 0) is 44.2 Å². The Labute approximate surface area is 168 Å². The van der Waals surface area contributed by atoms with Crippen molar-refractivity contribution in [3.05, 3.63) is 53.6 Å². The number of fused-ring (bicyclic) bond motifs is 1. The molecule has 0 amide bonds. The molecular weight excluding hydrogens is 352 g/mol. The number of allylic oxidation sites excluding steroid dienone is 1. The van der Waals surface area contributed by atoms with Gasteiger partial charge in [-0.1, -0.05) is 55.8 Å². The molecule has 4 nitrogen and oxygen atoms in total. The molecule has 152 valence electrons. The average Bonchev–Trinajstić information content (AvgIpc) is 3.31. The highest BCUT2D eigenvalue weighted by Crippen LogP contribution is 2.47. The molecular formula is C24H32O4. The molecule has 1 saturated heterocycles. The number of benzene rings is 1. The van der Waals surface area contributed by atoms with Crippen molar-refractivity contribution in [1.29, 1.82) is 0 Å². The van der Waals surface area contributed by atoms with Gasteiger partial charge in [0.15, 0.2) is 0 Å². The highest BCUT2D eigenvalue weighted by Gasteiger charge is 2.58. The Kier molecular flexibility index (Phi) is 6.41. The number of epoxide rings is 1. The monoisotopic (exact) mass is 384 g/mol. The van der Waals surface area contributed by atoms with Crippen molar-refractivity contribution >= 4 is 12.0 Å². The number of esters is 1. The van der Waals surface area contributed by atoms with Gasteiger partial charge in [0.25, 0.3) is 0 Å². The molecule has 0 bridgehead atoms. The molecule has 1 N–H and O–H groups in total. The van der Waals surface area contributed by atoms with Crippen LogP contribution in [0.5, 0.6) is 0 Å². The molecule has 0 unspecified atom stereocenters. The Morgan fingerprint density at radius 1 is 1.32 bits per heavy atom. The normalized spacial score (nSPS) is 35.1. The fraction of sp³-hybridized carbons (Fsp3) is 0.542. The van der Waals surface area contributed by atoms with Crippen molar-refractivity contribution in [2.24, 2.45) is 11.8 Å². The van der Waals surface area contributed by atoms with E-state index >= 15 is 0 Å². The van der Waals surface area contributed by atoms with Gasteiger partial charge >= 0.3 is 5.97 Å². The van der Waals surface area contributed by atoms with Crippen LogP contribution in [0.3, 0.4) is 0 Å². The molecule has 1 heterocycles.